The van der Waals surface area contributed by atoms with Gasteiger partial charge in [0.2, 0.25) is 0 Å². The number of hydrogen-bond acceptors (Lipinski definition) is 4. The van der Waals surface area contributed by atoms with E-state index in [1.807, 2.05) is 29.5 Å². The van der Waals surface area contributed by atoms with Gasteiger partial charge in [0.1, 0.15) is 4.88 Å². The second-order valence-corrected chi connectivity index (χ2v) is 7.28. The third-order valence-corrected chi connectivity index (χ3v) is 5.79. The van der Waals surface area contributed by atoms with Crippen LogP contribution in [-0.4, -0.2) is 21.3 Å². The molecule has 0 radical (unpaired) electrons. The maximum absolute atomic E-state index is 12.6. The fourth-order valence-corrected chi connectivity index (χ4v) is 4.48. The molecule has 0 aliphatic heterocycles. The number of halogens is 1. The van der Waals surface area contributed by atoms with E-state index in [1.165, 1.54) is 30.6 Å². The van der Waals surface area contributed by atoms with E-state index in [4.69, 9.17) is 5.73 Å². The number of carbonyl (C=O) groups is 1. The minimum absolute atomic E-state index is 0. The molecule has 1 aliphatic rings. The molecule has 3 aromatic rings. The first-order chi connectivity index (χ1) is 11.1. The maximum Gasteiger partial charge on any atom is 0.263 e. The van der Waals surface area contributed by atoms with Gasteiger partial charge >= 0.3 is 0 Å². The molecule has 1 saturated carbocycles. The van der Waals surface area contributed by atoms with E-state index in [2.05, 4.69) is 10.3 Å². The van der Waals surface area contributed by atoms with E-state index in [9.17, 15) is 4.79 Å². The Morgan fingerprint density at radius 1 is 1.33 bits per heavy atom. The summed E-state index contributed by atoms with van der Waals surface area (Å²) >= 11 is 1.45. The molecule has 0 unspecified atom stereocenters. The fourth-order valence-electron chi connectivity index (χ4n) is 3.44. The van der Waals surface area contributed by atoms with Crippen LogP contribution in [-0.2, 0) is 0 Å². The molecule has 1 aliphatic carbocycles. The number of fused-ring (bicyclic) bond motifs is 3. The van der Waals surface area contributed by atoms with Crippen LogP contribution >= 0.6 is 11.3 Å². The molecule has 1 fully saturated rings. The lowest BCUT2D eigenvalue weighted by Gasteiger charge is -2.22. The van der Waals surface area contributed by atoms with Gasteiger partial charge in [0.15, 0.2) is 4.96 Å². The van der Waals surface area contributed by atoms with Gasteiger partial charge in [-0.15, -0.1) is 0 Å². The van der Waals surface area contributed by atoms with Gasteiger partial charge in [0, 0.05) is 17.4 Å². The molecular formula is C17H20ClN4OS-. The predicted molar refractivity (Wildman–Crippen MR) is 94.1 cm³/mol. The predicted octanol–water partition coefficient (Wildman–Crippen LogP) is 0.506. The Labute approximate surface area is 150 Å². The zero-order valence-electron chi connectivity index (χ0n) is 13.5. The van der Waals surface area contributed by atoms with Gasteiger partial charge < -0.3 is 23.5 Å². The summed E-state index contributed by atoms with van der Waals surface area (Å²) in [5.74, 6) is 0.0296. The summed E-state index contributed by atoms with van der Waals surface area (Å²) in [7, 11) is 0. The molecule has 1 aromatic carbocycles. The molecule has 5 nitrogen and oxygen atoms in total. The van der Waals surface area contributed by atoms with Crippen molar-refractivity contribution < 1.29 is 17.2 Å². The normalized spacial score (nSPS) is 15.5. The lowest BCUT2D eigenvalue weighted by molar-refractivity contribution is -0.0000139. The molecule has 1 amide bonds. The van der Waals surface area contributed by atoms with E-state index >= 15 is 0 Å². The molecule has 0 atom stereocenters. The number of nitrogens with two attached hydrogens (primary N) is 1. The first-order valence-corrected chi connectivity index (χ1v) is 8.93. The van der Waals surface area contributed by atoms with E-state index in [0.29, 0.717) is 11.7 Å². The first kappa shape index (κ1) is 17.0. The topological polar surface area (TPSA) is 72.4 Å². The summed E-state index contributed by atoms with van der Waals surface area (Å²) in [6, 6.07) is 6.01. The van der Waals surface area contributed by atoms with Crippen molar-refractivity contribution in [2.45, 2.75) is 45.1 Å². The number of nitrogens with one attached hydrogen (secondary N) is 1. The number of nitrogen functional groups attached to an aromatic ring is 1. The Morgan fingerprint density at radius 2 is 2.08 bits per heavy atom. The molecule has 2 heterocycles. The number of aryl methyl sites for hydroxylation is 1. The van der Waals surface area contributed by atoms with Gasteiger partial charge in [0.25, 0.3) is 5.91 Å². The maximum atomic E-state index is 12.6. The smallest absolute Gasteiger partial charge is 0.263 e. The Hall–Kier alpha value is -1.79. The third-order valence-electron chi connectivity index (χ3n) is 4.65. The van der Waals surface area contributed by atoms with E-state index < -0.39 is 0 Å². The lowest BCUT2D eigenvalue weighted by Crippen LogP contribution is -3.00. The minimum Gasteiger partial charge on any atom is -1.00 e. The number of imidazole rings is 1. The molecular weight excluding hydrogens is 344 g/mol. The van der Waals surface area contributed by atoms with Crippen molar-refractivity contribution in [1.29, 1.82) is 0 Å². The van der Waals surface area contributed by atoms with Gasteiger partial charge in [0.05, 0.1) is 11.0 Å². The first-order valence-electron chi connectivity index (χ1n) is 8.11. The zero-order valence-corrected chi connectivity index (χ0v) is 15.1. The molecule has 7 heteroatoms. The quantitative estimate of drug-likeness (QED) is 0.651. The second-order valence-electron chi connectivity index (χ2n) is 6.30. The van der Waals surface area contributed by atoms with Crippen LogP contribution in [0.15, 0.2) is 18.2 Å². The number of aromatic nitrogens is 2. The number of anilines is 1. The van der Waals surface area contributed by atoms with Crippen LogP contribution in [0, 0.1) is 6.92 Å². The highest BCUT2D eigenvalue weighted by Crippen LogP contribution is 2.29. The monoisotopic (exact) mass is 363 g/mol. The Bertz CT molecular complexity index is 895. The zero-order chi connectivity index (χ0) is 16.0. The Morgan fingerprint density at radius 3 is 2.83 bits per heavy atom. The van der Waals surface area contributed by atoms with Gasteiger partial charge in [-0.1, -0.05) is 30.6 Å². The summed E-state index contributed by atoms with van der Waals surface area (Å²) in [6.07, 6.45) is 5.88. The number of thiazole rings is 1. The SMILES string of the molecule is Cc1c(C(=O)NC2CCCCC2)sc2nc3ccc(N)cc3n12.[Cl-]. The highest BCUT2D eigenvalue weighted by molar-refractivity contribution is 7.19. The van der Waals surface area contributed by atoms with Crippen molar-refractivity contribution >= 4 is 38.9 Å². The van der Waals surface area contributed by atoms with Crippen molar-refractivity contribution in [3.63, 3.8) is 0 Å². The molecule has 24 heavy (non-hydrogen) atoms. The third kappa shape index (κ3) is 2.84. The van der Waals surface area contributed by atoms with Crippen molar-refractivity contribution in [2.24, 2.45) is 0 Å². The summed E-state index contributed by atoms with van der Waals surface area (Å²) in [6.45, 7) is 1.98. The van der Waals surface area contributed by atoms with Crippen LogP contribution in [0.2, 0.25) is 0 Å². The fraction of sp³-hybridized carbons (Fsp3) is 0.412. The number of rotatable bonds is 2. The molecule has 0 saturated heterocycles. The summed E-state index contributed by atoms with van der Waals surface area (Å²) in [4.78, 5) is 18.8. The van der Waals surface area contributed by atoms with Gasteiger partial charge in [-0.05, 0) is 38.0 Å². The molecule has 0 spiro atoms. The van der Waals surface area contributed by atoms with Crippen LogP contribution in [0.25, 0.3) is 16.0 Å². The van der Waals surface area contributed by atoms with Crippen LogP contribution in [0.1, 0.15) is 47.5 Å². The van der Waals surface area contributed by atoms with Crippen LogP contribution < -0.4 is 23.5 Å². The lowest BCUT2D eigenvalue weighted by atomic mass is 9.95. The molecule has 128 valence electrons. The highest BCUT2D eigenvalue weighted by atomic mass is 35.5. The molecule has 3 N–H and O–H groups in total. The van der Waals surface area contributed by atoms with Gasteiger partial charge in [-0.3, -0.25) is 9.20 Å². The second kappa shape index (κ2) is 6.61. The number of benzene rings is 1. The molecule has 0 bridgehead atoms. The average molecular weight is 364 g/mol. The standard InChI is InChI=1S/C17H20N4OS.ClH/c1-10-15(16(22)19-12-5-3-2-4-6-12)23-17-20-13-8-7-11(18)9-14(13)21(10)17;/h7-9,12H,2-6,18H2,1H3,(H,19,22);1H/p-1. The van der Waals surface area contributed by atoms with Gasteiger partial charge in [-0.2, -0.15) is 0 Å². The van der Waals surface area contributed by atoms with Crippen LogP contribution in [0.3, 0.4) is 0 Å². The van der Waals surface area contributed by atoms with Crippen molar-refractivity contribution in [1.82, 2.24) is 14.7 Å². The number of amides is 1. The van der Waals surface area contributed by atoms with E-state index in [-0.39, 0.29) is 18.3 Å². The highest BCUT2D eigenvalue weighted by Gasteiger charge is 2.22. The van der Waals surface area contributed by atoms with Crippen molar-refractivity contribution in [3.05, 3.63) is 28.8 Å². The summed E-state index contributed by atoms with van der Waals surface area (Å²) < 4.78 is 2.03. The molecule has 2 aromatic heterocycles. The molecule has 4 rings (SSSR count). The average Bonchev–Trinajstić information content (AvgIpc) is 3.05. The Balaban J connectivity index is 0.00000169. The van der Waals surface area contributed by atoms with Gasteiger partial charge in [-0.25, -0.2) is 4.98 Å². The minimum atomic E-state index is 0. The number of carbonyl (C=O) groups excluding carboxylic acids is 1. The number of hydrogen-bond donors (Lipinski definition) is 2. The van der Waals surface area contributed by atoms with E-state index in [1.54, 1.807) is 0 Å². The summed E-state index contributed by atoms with van der Waals surface area (Å²) in [5.41, 5.74) is 9.41. The summed E-state index contributed by atoms with van der Waals surface area (Å²) in [5, 5.41) is 3.19. The van der Waals surface area contributed by atoms with Crippen molar-refractivity contribution in [3.8, 4) is 0 Å². The van der Waals surface area contributed by atoms with Crippen LogP contribution in [0.4, 0.5) is 5.69 Å². The number of nitrogens with zero attached hydrogens (tertiary/aromatic N) is 2. The largest absolute Gasteiger partial charge is 1.00 e. The van der Waals surface area contributed by atoms with Crippen molar-refractivity contribution in [2.75, 3.05) is 5.73 Å². The van der Waals surface area contributed by atoms with E-state index in [0.717, 1.165) is 39.4 Å². The van der Waals surface area contributed by atoms with Crippen LogP contribution in [0.5, 0.6) is 0 Å². The Kier molecular flexibility index (Phi) is 4.69.